The SMILES string of the molecule is CC1(C)C[C@@H]1NC(=O)CC1CCCC1(F)F. The Hall–Kier alpha value is -0.670. The van der Waals surface area contributed by atoms with E-state index in [-0.39, 0.29) is 30.2 Å². The van der Waals surface area contributed by atoms with Crippen LogP contribution in [0, 0.1) is 11.3 Å². The van der Waals surface area contributed by atoms with Gasteiger partial charge in [0.15, 0.2) is 0 Å². The van der Waals surface area contributed by atoms with Gasteiger partial charge in [0.05, 0.1) is 0 Å². The lowest BCUT2D eigenvalue weighted by Gasteiger charge is -2.18. The van der Waals surface area contributed by atoms with E-state index in [9.17, 15) is 13.6 Å². The summed E-state index contributed by atoms with van der Waals surface area (Å²) in [6, 6.07) is 0.190. The Labute approximate surface area is 94.8 Å². The fourth-order valence-corrected chi connectivity index (χ4v) is 2.44. The van der Waals surface area contributed by atoms with E-state index in [1.54, 1.807) is 0 Å². The number of halogens is 2. The van der Waals surface area contributed by atoms with Gasteiger partial charge in [0.25, 0.3) is 5.92 Å². The summed E-state index contributed by atoms with van der Waals surface area (Å²) in [5.74, 6) is -3.58. The Bertz CT molecular complexity index is 301. The van der Waals surface area contributed by atoms with Crippen LogP contribution in [0.5, 0.6) is 0 Å². The zero-order valence-corrected chi connectivity index (χ0v) is 9.85. The fraction of sp³-hybridized carbons (Fsp3) is 0.917. The average Bonchev–Trinajstić information content (AvgIpc) is 2.56. The van der Waals surface area contributed by atoms with Gasteiger partial charge in [-0.3, -0.25) is 4.79 Å². The molecule has 4 heteroatoms. The van der Waals surface area contributed by atoms with E-state index in [4.69, 9.17) is 0 Å². The highest BCUT2D eigenvalue weighted by Gasteiger charge is 2.48. The summed E-state index contributed by atoms with van der Waals surface area (Å²) in [4.78, 5) is 11.6. The van der Waals surface area contributed by atoms with Gasteiger partial charge in [-0.05, 0) is 24.7 Å². The van der Waals surface area contributed by atoms with E-state index in [0.29, 0.717) is 12.8 Å². The summed E-state index contributed by atoms with van der Waals surface area (Å²) in [5.41, 5.74) is 0.161. The third kappa shape index (κ3) is 2.36. The number of hydrogen-bond donors (Lipinski definition) is 1. The van der Waals surface area contributed by atoms with E-state index in [1.807, 2.05) is 0 Å². The van der Waals surface area contributed by atoms with Gasteiger partial charge in [-0.15, -0.1) is 0 Å². The number of nitrogens with one attached hydrogen (secondary N) is 1. The first kappa shape index (κ1) is 11.8. The molecule has 0 aromatic heterocycles. The van der Waals surface area contributed by atoms with Gasteiger partial charge < -0.3 is 5.32 Å². The van der Waals surface area contributed by atoms with Crippen LogP contribution < -0.4 is 5.32 Å². The first-order valence-electron chi connectivity index (χ1n) is 5.98. The minimum Gasteiger partial charge on any atom is -0.353 e. The quantitative estimate of drug-likeness (QED) is 0.795. The van der Waals surface area contributed by atoms with Crippen molar-refractivity contribution in [2.75, 3.05) is 0 Å². The number of alkyl halides is 2. The Morgan fingerprint density at radius 2 is 2.06 bits per heavy atom. The molecule has 2 rings (SSSR count). The van der Waals surface area contributed by atoms with E-state index < -0.39 is 11.8 Å². The van der Waals surface area contributed by atoms with E-state index in [1.165, 1.54) is 0 Å². The monoisotopic (exact) mass is 231 g/mol. The molecule has 1 unspecified atom stereocenters. The molecule has 0 aliphatic heterocycles. The zero-order chi connectivity index (χ0) is 12.0. The van der Waals surface area contributed by atoms with Crippen LogP contribution in [0.25, 0.3) is 0 Å². The number of carbonyl (C=O) groups is 1. The van der Waals surface area contributed by atoms with Gasteiger partial charge in [0.2, 0.25) is 5.91 Å². The second kappa shape index (κ2) is 3.67. The average molecular weight is 231 g/mol. The second-order valence-corrected chi connectivity index (χ2v) is 5.87. The minimum absolute atomic E-state index is 0.0143. The molecule has 0 saturated heterocycles. The van der Waals surface area contributed by atoms with Crippen molar-refractivity contribution in [3.05, 3.63) is 0 Å². The number of hydrogen-bond acceptors (Lipinski definition) is 1. The van der Waals surface area contributed by atoms with Crippen LogP contribution in [-0.2, 0) is 4.79 Å². The predicted molar refractivity (Wildman–Crippen MR) is 57.2 cm³/mol. The molecule has 1 amide bonds. The molecule has 2 nitrogen and oxygen atoms in total. The van der Waals surface area contributed by atoms with Crippen LogP contribution in [0.2, 0.25) is 0 Å². The van der Waals surface area contributed by atoms with Gasteiger partial charge in [0, 0.05) is 24.8 Å². The molecule has 1 N–H and O–H groups in total. The van der Waals surface area contributed by atoms with Crippen molar-refractivity contribution >= 4 is 5.91 Å². The third-order valence-electron chi connectivity index (χ3n) is 3.94. The maximum Gasteiger partial charge on any atom is 0.251 e. The molecule has 0 bridgehead atoms. The van der Waals surface area contributed by atoms with Crippen LogP contribution in [0.3, 0.4) is 0 Å². The lowest BCUT2D eigenvalue weighted by molar-refractivity contribution is -0.126. The van der Waals surface area contributed by atoms with E-state index in [0.717, 1.165) is 6.42 Å². The summed E-state index contributed by atoms with van der Waals surface area (Å²) < 4.78 is 26.6. The highest BCUT2D eigenvalue weighted by atomic mass is 19.3. The van der Waals surface area contributed by atoms with E-state index in [2.05, 4.69) is 19.2 Å². The lowest BCUT2D eigenvalue weighted by atomic mass is 10.0. The molecule has 0 spiro atoms. The lowest BCUT2D eigenvalue weighted by Crippen LogP contribution is -2.33. The first-order valence-corrected chi connectivity index (χ1v) is 5.98. The topological polar surface area (TPSA) is 29.1 Å². The molecule has 0 heterocycles. The van der Waals surface area contributed by atoms with Crippen LogP contribution in [0.1, 0.15) is 46.0 Å². The van der Waals surface area contributed by atoms with Gasteiger partial charge in [-0.25, -0.2) is 8.78 Å². The Morgan fingerprint density at radius 3 is 2.50 bits per heavy atom. The van der Waals surface area contributed by atoms with Crippen LogP contribution in [-0.4, -0.2) is 17.9 Å². The van der Waals surface area contributed by atoms with Crippen molar-refractivity contribution in [1.82, 2.24) is 5.32 Å². The minimum atomic E-state index is -2.63. The molecule has 0 aromatic carbocycles. The summed E-state index contributed by atoms with van der Waals surface area (Å²) in [5, 5.41) is 2.84. The van der Waals surface area contributed by atoms with Crippen molar-refractivity contribution < 1.29 is 13.6 Å². The van der Waals surface area contributed by atoms with Gasteiger partial charge in [-0.2, -0.15) is 0 Å². The second-order valence-electron chi connectivity index (χ2n) is 5.87. The standard InChI is InChI=1S/C12H19F2NO/c1-11(2)7-9(11)15-10(16)6-8-4-3-5-12(8,13)14/h8-9H,3-7H2,1-2H3,(H,15,16)/t8?,9-/m0/s1. The Balaban J connectivity index is 1.80. The van der Waals surface area contributed by atoms with E-state index >= 15 is 0 Å². The number of carbonyl (C=O) groups excluding carboxylic acids is 1. The van der Waals surface area contributed by atoms with Crippen LogP contribution >= 0.6 is 0 Å². The molecule has 2 fully saturated rings. The number of amides is 1. The largest absolute Gasteiger partial charge is 0.353 e. The molecule has 0 radical (unpaired) electrons. The maximum absolute atomic E-state index is 13.3. The summed E-state index contributed by atoms with van der Waals surface area (Å²) in [6.45, 7) is 4.14. The van der Waals surface area contributed by atoms with Crippen molar-refractivity contribution in [3.8, 4) is 0 Å². The Kier molecular flexibility index (Phi) is 2.71. The van der Waals surface area contributed by atoms with Gasteiger partial charge >= 0.3 is 0 Å². The molecule has 2 saturated carbocycles. The summed E-state index contributed by atoms with van der Waals surface area (Å²) in [7, 11) is 0. The van der Waals surface area contributed by atoms with Crippen molar-refractivity contribution in [2.45, 2.75) is 57.9 Å². The highest BCUT2D eigenvalue weighted by molar-refractivity contribution is 5.77. The smallest absolute Gasteiger partial charge is 0.251 e. The van der Waals surface area contributed by atoms with Crippen molar-refractivity contribution in [2.24, 2.45) is 11.3 Å². The van der Waals surface area contributed by atoms with Gasteiger partial charge in [-0.1, -0.05) is 13.8 Å². The van der Waals surface area contributed by atoms with Crippen molar-refractivity contribution in [1.29, 1.82) is 0 Å². The Morgan fingerprint density at radius 1 is 1.44 bits per heavy atom. The predicted octanol–water partition coefficient (Wildman–Crippen LogP) is 2.73. The van der Waals surface area contributed by atoms with Crippen molar-refractivity contribution in [3.63, 3.8) is 0 Å². The van der Waals surface area contributed by atoms with Crippen LogP contribution in [0.4, 0.5) is 8.78 Å². The molecule has 0 aromatic rings. The van der Waals surface area contributed by atoms with Crippen LogP contribution in [0.15, 0.2) is 0 Å². The molecule has 92 valence electrons. The molecule has 2 aliphatic carbocycles. The first-order chi connectivity index (χ1) is 7.31. The fourth-order valence-electron chi connectivity index (χ4n) is 2.44. The normalized spacial score (nSPS) is 34.8. The number of rotatable bonds is 3. The molecule has 2 atom stereocenters. The van der Waals surface area contributed by atoms with Gasteiger partial charge in [0.1, 0.15) is 0 Å². The highest BCUT2D eigenvalue weighted by Crippen LogP contribution is 2.45. The molecular formula is C12H19F2NO. The zero-order valence-electron chi connectivity index (χ0n) is 9.85. The summed E-state index contributed by atoms with van der Waals surface area (Å²) >= 11 is 0. The maximum atomic E-state index is 13.3. The molecular weight excluding hydrogens is 212 g/mol. The summed E-state index contributed by atoms with van der Waals surface area (Å²) in [6.07, 6.45) is 1.91. The third-order valence-corrected chi connectivity index (χ3v) is 3.94. The molecule has 16 heavy (non-hydrogen) atoms. The molecule has 2 aliphatic rings.